The number of hydrogen-bond donors (Lipinski definition) is 2. The number of rotatable bonds is 4. The van der Waals surface area contributed by atoms with Gasteiger partial charge in [-0.25, -0.2) is 4.79 Å². The number of amides is 1. The number of aliphatic carboxylic acids is 1. The van der Waals surface area contributed by atoms with Crippen LogP contribution in [-0.4, -0.2) is 29.3 Å². The van der Waals surface area contributed by atoms with Crippen LogP contribution in [0.5, 0.6) is 0 Å². The van der Waals surface area contributed by atoms with Crippen LogP contribution in [-0.2, 0) is 9.53 Å². The molecule has 2 aliphatic carbocycles. The molecule has 1 unspecified atom stereocenters. The molecule has 2 aliphatic rings. The fourth-order valence-electron chi connectivity index (χ4n) is 5.45. The first-order chi connectivity index (χ1) is 11.7. The first kappa shape index (κ1) is 20.8. The van der Waals surface area contributed by atoms with Gasteiger partial charge in [-0.2, -0.15) is 0 Å². The van der Waals surface area contributed by atoms with Crippen molar-refractivity contribution >= 4 is 12.1 Å². The molecule has 0 saturated heterocycles. The van der Waals surface area contributed by atoms with Gasteiger partial charge in [-0.1, -0.05) is 31.9 Å². The van der Waals surface area contributed by atoms with Crippen molar-refractivity contribution in [2.45, 2.75) is 73.8 Å². The Hall–Kier alpha value is -1.52. The van der Waals surface area contributed by atoms with E-state index in [4.69, 9.17) is 4.74 Å². The molecule has 5 heteroatoms. The molecule has 0 aromatic rings. The molecule has 0 radical (unpaired) electrons. The van der Waals surface area contributed by atoms with E-state index in [-0.39, 0.29) is 5.92 Å². The zero-order valence-corrected chi connectivity index (χ0v) is 17.5. The molecule has 5 nitrogen and oxygen atoms in total. The van der Waals surface area contributed by atoms with Gasteiger partial charge < -0.3 is 15.2 Å². The fraction of sp³-hybridized carbons (Fsp3) is 0.810. The first-order valence-corrected chi connectivity index (χ1v) is 9.55. The summed E-state index contributed by atoms with van der Waals surface area (Å²) in [6.07, 6.45) is 1.40. The number of allylic oxidation sites excluding steroid dienone is 2. The van der Waals surface area contributed by atoms with Gasteiger partial charge in [-0.3, -0.25) is 4.79 Å². The molecule has 0 spiro atoms. The van der Waals surface area contributed by atoms with Gasteiger partial charge in [0.25, 0.3) is 0 Å². The maximum Gasteiger partial charge on any atom is 0.407 e. The van der Waals surface area contributed by atoms with Crippen molar-refractivity contribution in [2.75, 3.05) is 6.54 Å². The molecule has 1 amide bonds. The zero-order valence-electron chi connectivity index (χ0n) is 17.5. The van der Waals surface area contributed by atoms with Crippen LogP contribution < -0.4 is 5.32 Å². The summed E-state index contributed by atoms with van der Waals surface area (Å²) >= 11 is 0. The molecule has 4 atom stereocenters. The molecule has 26 heavy (non-hydrogen) atoms. The Morgan fingerprint density at radius 2 is 1.81 bits per heavy atom. The lowest BCUT2D eigenvalue weighted by molar-refractivity contribution is -0.167. The van der Waals surface area contributed by atoms with E-state index in [1.54, 1.807) is 0 Å². The highest BCUT2D eigenvalue weighted by Crippen LogP contribution is 2.66. The van der Waals surface area contributed by atoms with Gasteiger partial charge in [0.2, 0.25) is 0 Å². The van der Waals surface area contributed by atoms with Crippen molar-refractivity contribution in [3.05, 3.63) is 11.1 Å². The summed E-state index contributed by atoms with van der Waals surface area (Å²) in [7, 11) is 0. The molecular formula is C21H35NO4. The van der Waals surface area contributed by atoms with Gasteiger partial charge in [0.1, 0.15) is 5.60 Å². The van der Waals surface area contributed by atoms with Crippen LogP contribution in [0.1, 0.15) is 68.2 Å². The largest absolute Gasteiger partial charge is 0.481 e. The van der Waals surface area contributed by atoms with Crippen LogP contribution in [0, 0.1) is 28.6 Å². The maximum absolute atomic E-state index is 12.3. The van der Waals surface area contributed by atoms with Crippen molar-refractivity contribution < 1.29 is 19.4 Å². The molecule has 0 aromatic heterocycles. The maximum atomic E-state index is 12.3. The van der Waals surface area contributed by atoms with Gasteiger partial charge >= 0.3 is 12.1 Å². The van der Waals surface area contributed by atoms with Gasteiger partial charge in [0, 0.05) is 12.0 Å². The molecule has 2 N–H and O–H groups in total. The van der Waals surface area contributed by atoms with E-state index in [1.807, 2.05) is 41.5 Å². The summed E-state index contributed by atoms with van der Waals surface area (Å²) in [5.41, 5.74) is 1.24. The van der Waals surface area contributed by atoms with Crippen LogP contribution >= 0.6 is 0 Å². The summed E-state index contributed by atoms with van der Waals surface area (Å²) in [4.78, 5) is 24.5. The third-order valence-electron chi connectivity index (χ3n) is 6.09. The Kier molecular flexibility index (Phi) is 5.26. The lowest BCUT2D eigenvalue weighted by atomic mass is 9.45. The van der Waals surface area contributed by atoms with E-state index >= 15 is 0 Å². The Balaban J connectivity index is 2.33. The fourth-order valence-corrected chi connectivity index (χ4v) is 5.45. The summed E-state index contributed by atoms with van der Waals surface area (Å²) in [6, 6.07) is 0. The number of ether oxygens (including phenoxy) is 1. The quantitative estimate of drug-likeness (QED) is 0.713. The second-order valence-corrected chi connectivity index (χ2v) is 10.3. The number of carbonyl (C=O) groups excluding carboxylic acids is 1. The predicted molar refractivity (Wildman–Crippen MR) is 102 cm³/mol. The van der Waals surface area contributed by atoms with E-state index in [9.17, 15) is 14.7 Å². The second kappa shape index (κ2) is 6.58. The molecule has 2 rings (SSSR count). The highest BCUT2D eigenvalue weighted by Gasteiger charge is 2.64. The molecule has 0 aromatic carbocycles. The number of hydrogen-bond acceptors (Lipinski definition) is 3. The minimum atomic E-state index is -0.778. The molecule has 1 fully saturated rings. The molecular weight excluding hydrogens is 330 g/mol. The van der Waals surface area contributed by atoms with Gasteiger partial charge in [0.15, 0.2) is 0 Å². The van der Waals surface area contributed by atoms with Crippen molar-refractivity contribution in [3.63, 3.8) is 0 Å². The lowest BCUT2D eigenvalue weighted by Gasteiger charge is -2.59. The lowest BCUT2D eigenvalue weighted by Crippen LogP contribution is -2.62. The van der Waals surface area contributed by atoms with E-state index < -0.39 is 34.4 Å². The third kappa shape index (κ3) is 3.77. The monoisotopic (exact) mass is 365 g/mol. The average molecular weight is 366 g/mol. The summed E-state index contributed by atoms with van der Waals surface area (Å²) < 4.78 is 5.38. The Morgan fingerprint density at radius 1 is 1.23 bits per heavy atom. The third-order valence-corrected chi connectivity index (χ3v) is 6.09. The zero-order chi connectivity index (χ0) is 20.1. The van der Waals surface area contributed by atoms with Crippen molar-refractivity contribution in [1.82, 2.24) is 5.32 Å². The van der Waals surface area contributed by atoms with Crippen LogP contribution in [0.3, 0.4) is 0 Å². The summed E-state index contributed by atoms with van der Waals surface area (Å²) in [5.74, 6) is -0.594. The number of fused-ring (bicyclic) bond motifs is 1. The van der Waals surface area contributed by atoms with Crippen LogP contribution in [0.4, 0.5) is 4.79 Å². The minimum Gasteiger partial charge on any atom is -0.481 e. The molecule has 0 bridgehead atoms. The van der Waals surface area contributed by atoms with E-state index in [1.165, 1.54) is 11.1 Å². The number of nitrogens with one attached hydrogen (secondary N) is 1. The minimum absolute atomic E-state index is 0.220. The van der Waals surface area contributed by atoms with E-state index in [0.717, 1.165) is 12.8 Å². The van der Waals surface area contributed by atoms with Crippen LogP contribution in [0.15, 0.2) is 11.1 Å². The van der Waals surface area contributed by atoms with Gasteiger partial charge in [-0.15, -0.1) is 0 Å². The van der Waals surface area contributed by atoms with Crippen molar-refractivity contribution in [1.29, 1.82) is 0 Å². The number of carboxylic acid groups (broad SMARTS) is 1. The molecule has 148 valence electrons. The molecule has 0 aliphatic heterocycles. The standard InChI is InChI=1S/C21H35NO4/c1-12-9-14-10-21(15(14)13(12)2,16(17(23)24)19(3,4)5)11-22-18(25)26-20(6,7)8/h14-16H,9-11H2,1-8H3,(H,22,25)(H,23,24)/t14-,15-,16?,21+/m1/s1. The van der Waals surface area contributed by atoms with Gasteiger partial charge in [0.05, 0.1) is 5.92 Å². The van der Waals surface area contributed by atoms with E-state index in [0.29, 0.717) is 12.5 Å². The second-order valence-electron chi connectivity index (χ2n) is 10.3. The highest BCUT2D eigenvalue weighted by atomic mass is 16.6. The normalized spacial score (nSPS) is 29.7. The van der Waals surface area contributed by atoms with Gasteiger partial charge in [-0.05, 0) is 64.7 Å². The van der Waals surface area contributed by atoms with Crippen LogP contribution in [0.25, 0.3) is 0 Å². The van der Waals surface area contributed by atoms with E-state index in [2.05, 4.69) is 19.2 Å². The number of carbonyl (C=O) groups is 2. The summed E-state index contributed by atoms with van der Waals surface area (Å²) in [5, 5.41) is 13.0. The SMILES string of the molecule is CC1=C(C)[C@@H]2[C@H](C1)C[C@@]2(CNC(=O)OC(C)(C)C)C(C(=O)O)C(C)(C)C. The molecule has 1 saturated carbocycles. The topological polar surface area (TPSA) is 75.6 Å². The Labute approximate surface area is 157 Å². The van der Waals surface area contributed by atoms with Crippen molar-refractivity contribution in [2.24, 2.45) is 28.6 Å². The summed E-state index contributed by atoms with van der Waals surface area (Å²) in [6.45, 7) is 16.0. The Bertz CT molecular complexity index is 623. The average Bonchev–Trinajstić information content (AvgIpc) is 2.61. The molecule has 0 heterocycles. The predicted octanol–water partition coefficient (Wildman–Crippen LogP) is 4.62. The van der Waals surface area contributed by atoms with Crippen LogP contribution in [0.2, 0.25) is 0 Å². The Morgan fingerprint density at radius 3 is 2.23 bits per heavy atom. The first-order valence-electron chi connectivity index (χ1n) is 9.55. The smallest absolute Gasteiger partial charge is 0.407 e. The highest BCUT2D eigenvalue weighted by molar-refractivity contribution is 5.73. The van der Waals surface area contributed by atoms with Crippen molar-refractivity contribution in [3.8, 4) is 0 Å². The number of carboxylic acids is 1. The number of alkyl carbamates (subject to hydrolysis) is 1.